The molecule has 1 N–H and O–H groups in total. The van der Waals surface area contributed by atoms with Crippen molar-refractivity contribution in [1.29, 1.82) is 0 Å². The minimum Gasteiger partial charge on any atom is -0.395 e. The van der Waals surface area contributed by atoms with Crippen LogP contribution in [0.2, 0.25) is 0 Å². The molecule has 0 bridgehead atoms. The lowest BCUT2D eigenvalue weighted by Crippen LogP contribution is -2.44. The fourth-order valence-electron chi connectivity index (χ4n) is 3.57. The zero-order valence-electron chi connectivity index (χ0n) is 13.1. The molecule has 1 heterocycles. The molecule has 0 amide bonds. The van der Waals surface area contributed by atoms with Crippen LogP contribution in [0.5, 0.6) is 0 Å². The molecule has 1 aliphatic rings. The van der Waals surface area contributed by atoms with Gasteiger partial charge in [-0.25, -0.2) is 0 Å². The molecule has 0 saturated carbocycles. The Labute approximate surface area is 133 Å². The van der Waals surface area contributed by atoms with Gasteiger partial charge in [-0.3, -0.25) is 4.90 Å². The van der Waals surface area contributed by atoms with Gasteiger partial charge in [0.1, 0.15) is 0 Å². The van der Waals surface area contributed by atoms with Crippen molar-refractivity contribution in [1.82, 2.24) is 4.90 Å². The van der Waals surface area contributed by atoms with Gasteiger partial charge in [-0.1, -0.05) is 67.1 Å². The van der Waals surface area contributed by atoms with E-state index in [-0.39, 0.29) is 6.61 Å². The van der Waals surface area contributed by atoms with Gasteiger partial charge in [0.15, 0.2) is 0 Å². The SMILES string of the molecule is OC[C@@H]1CCCCN1[C@H](Cc1ccccc1)c1ccccc1. The molecule has 0 unspecified atom stereocenters. The molecule has 0 spiro atoms. The second-order valence-electron chi connectivity index (χ2n) is 6.19. The van der Waals surface area contributed by atoms with Crippen LogP contribution in [0.3, 0.4) is 0 Å². The van der Waals surface area contributed by atoms with E-state index in [0.717, 1.165) is 19.4 Å². The lowest BCUT2D eigenvalue weighted by Gasteiger charge is -2.41. The standard InChI is InChI=1S/C20H25NO/c22-16-19-13-7-8-14-21(19)20(18-11-5-2-6-12-18)15-17-9-3-1-4-10-17/h1-6,9-12,19-20,22H,7-8,13-16H2/t19-,20+/m0/s1. The summed E-state index contributed by atoms with van der Waals surface area (Å²) in [6.45, 7) is 1.34. The highest BCUT2D eigenvalue weighted by molar-refractivity contribution is 5.24. The molecule has 0 radical (unpaired) electrons. The smallest absolute Gasteiger partial charge is 0.0587 e. The molecule has 22 heavy (non-hydrogen) atoms. The quantitative estimate of drug-likeness (QED) is 0.906. The summed E-state index contributed by atoms with van der Waals surface area (Å²) in [6, 6.07) is 22.1. The van der Waals surface area contributed by atoms with Crippen LogP contribution in [0.15, 0.2) is 60.7 Å². The molecule has 116 valence electrons. The normalized spacial score (nSPS) is 20.7. The zero-order chi connectivity index (χ0) is 15.2. The molecule has 1 aliphatic heterocycles. The van der Waals surface area contributed by atoms with Gasteiger partial charge < -0.3 is 5.11 Å². The van der Waals surface area contributed by atoms with Gasteiger partial charge in [0, 0.05) is 12.1 Å². The average molecular weight is 295 g/mol. The molecule has 2 nitrogen and oxygen atoms in total. The number of likely N-dealkylation sites (tertiary alicyclic amines) is 1. The Morgan fingerprint density at radius 2 is 1.64 bits per heavy atom. The van der Waals surface area contributed by atoms with Crippen LogP contribution < -0.4 is 0 Å². The molecule has 2 heteroatoms. The zero-order valence-corrected chi connectivity index (χ0v) is 13.1. The van der Waals surface area contributed by atoms with Gasteiger partial charge in [-0.15, -0.1) is 0 Å². The summed E-state index contributed by atoms with van der Waals surface area (Å²) in [4.78, 5) is 2.52. The monoisotopic (exact) mass is 295 g/mol. The molecule has 0 aliphatic carbocycles. The fourth-order valence-corrected chi connectivity index (χ4v) is 3.57. The van der Waals surface area contributed by atoms with Gasteiger partial charge in [-0.05, 0) is 36.9 Å². The summed E-state index contributed by atoms with van der Waals surface area (Å²) in [5.74, 6) is 0. The van der Waals surface area contributed by atoms with Crippen LogP contribution in [-0.2, 0) is 6.42 Å². The molecule has 0 aromatic heterocycles. The van der Waals surface area contributed by atoms with Crippen LogP contribution in [0.1, 0.15) is 36.4 Å². The van der Waals surface area contributed by atoms with Crippen LogP contribution in [0, 0.1) is 0 Å². The summed E-state index contributed by atoms with van der Waals surface area (Å²) in [5.41, 5.74) is 2.71. The van der Waals surface area contributed by atoms with Crippen molar-refractivity contribution in [3.8, 4) is 0 Å². The summed E-state index contributed by atoms with van der Waals surface area (Å²) in [6.07, 6.45) is 4.57. The average Bonchev–Trinajstić information content (AvgIpc) is 2.61. The Kier molecular flexibility index (Phi) is 5.25. The highest BCUT2D eigenvalue weighted by atomic mass is 16.3. The molecular weight excluding hydrogens is 270 g/mol. The minimum absolute atomic E-state index is 0.262. The van der Waals surface area contributed by atoms with E-state index in [1.54, 1.807) is 0 Å². The number of nitrogens with zero attached hydrogens (tertiary/aromatic N) is 1. The lowest BCUT2D eigenvalue weighted by atomic mass is 9.92. The molecule has 1 saturated heterocycles. The van der Waals surface area contributed by atoms with Crippen LogP contribution in [-0.4, -0.2) is 29.2 Å². The predicted octanol–water partition coefficient (Wildman–Crippen LogP) is 3.82. The fraction of sp³-hybridized carbons (Fsp3) is 0.400. The van der Waals surface area contributed by atoms with Crippen LogP contribution in [0.4, 0.5) is 0 Å². The highest BCUT2D eigenvalue weighted by Gasteiger charge is 2.29. The van der Waals surface area contributed by atoms with E-state index in [9.17, 15) is 5.11 Å². The van der Waals surface area contributed by atoms with E-state index in [2.05, 4.69) is 65.6 Å². The molecule has 2 aromatic carbocycles. The Hall–Kier alpha value is -1.64. The summed E-state index contributed by atoms with van der Waals surface area (Å²) in [5, 5.41) is 9.78. The molecule has 1 fully saturated rings. The van der Waals surface area contributed by atoms with E-state index < -0.39 is 0 Å². The third-order valence-corrected chi connectivity index (χ3v) is 4.74. The first-order chi connectivity index (χ1) is 10.9. The van der Waals surface area contributed by atoms with Crippen molar-refractivity contribution in [3.63, 3.8) is 0 Å². The maximum absolute atomic E-state index is 9.78. The number of aliphatic hydroxyl groups excluding tert-OH is 1. The van der Waals surface area contributed by atoms with Gasteiger partial charge in [-0.2, -0.15) is 0 Å². The van der Waals surface area contributed by atoms with Crippen molar-refractivity contribution in [3.05, 3.63) is 71.8 Å². The maximum atomic E-state index is 9.78. The second kappa shape index (κ2) is 7.57. The van der Waals surface area contributed by atoms with E-state index in [0.29, 0.717) is 12.1 Å². The molecule has 2 aromatic rings. The Balaban J connectivity index is 1.88. The summed E-state index contributed by atoms with van der Waals surface area (Å²) >= 11 is 0. The number of rotatable bonds is 5. The largest absolute Gasteiger partial charge is 0.395 e. The molecule has 3 rings (SSSR count). The first-order valence-corrected chi connectivity index (χ1v) is 8.34. The topological polar surface area (TPSA) is 23.5 Å². The predicted molar refractivity (Wildman–Crippen MR) is 90.8 cm³/mol. The summed E-state index contributed by atoms with van der Waals surface area (Å²) < 4.78 is 0. The summed E-state index contributed by atoms with van der Waals surface area (Å²) in [7, 11) is 0. The van der Waals surface area contributed by atoms with Crippen LogP contribution in [0.25, 0.3) is 0 Å². The van der Waals surface area contributed by atoms with Crippen molar-refractivity contribution in [2.45, 2.75) is 37.8 Å². The van der Waals surface area contributed by atoms with Gasteiger partial charge in [0.25, 0.3) is 0 Å². The third kappa shape index (κ3) is 3.57. The van der Waals surface area contributed by atoms with E-state index in [4.69, 9.17) is 0 Å². The number of benzene rings is 2. The van der Waals surface area contributed by atoms with Crippen molar-refractivity contribution < 1.29 is 5.11 Å². The van der Waals surface area contributed by atoms with Gasteiger partial charge in [0.2, 0.25) is 0 Å². The Morgan fingerprint density at radius 1 is 0.955 bits per heavy atom. The number of aliphatic hydroxyl groups is 1. The van der Waals surface area contributed by atoms with E-state index >= 15 is 0 Å². The Morgan fingerprint density at radius 3 is 2.32 bits per heavy atom. The van der Waals surface area contributed by atoms with Gasteiger partial charge >= 0.3 is 0 Å². The molecular formula is C20H25NO. The highest BCUT2D eigenvalue weighted by Crippen LogP contribution is 2.31. The number of piperidine rings is 1. The lowest BCUT2D eigenvalue weighted by molar-refractivity contribution is 0.0522. The third-order valence-electron chi connectivity index (χ3n) is 4.74. The van der Waals surface area contributed by atoms with Crippen molar-refractivity contribution >= 4 is 0 Å². The van der Waals surface area contributed by atoms with Crippen LogP contribution >= 0.6 is 0 Å². The minimum atomic E-state index is 0.262. The second-order valence-corrected chi connectivity index (χ2v) is 6.19. The van der Waals surface area contributed by atoms with E-state index in [1.807, 2.05) is 0 Å². The van der Waals surface area contributed by atoms with Crippen molar-refractivity contribution in [2.24, 2.45) is 0 Å². The van der Waals surface area contributed by atoms with Gasteiger partial charge in [0.05, 0.1) is 6.61 Å². The number of hydrogen-bond donors (Lipinski definition) is 1. The first-order valence-electron chi connectivity index (χ1n) is 8.34. The first kappa shape index (κ1) is 15.3. The maximum Gasteiger partial charge on any atom is 0.0587 e. The Bertz CT molecular complexity index is 554. The molecule has 2 atom stereocenters. The number of hydrogen-bond acceptors (Lipinski definition) is 2. The van der Waals surface area contributed by atoms with E-state index in [1.165, 1.54) is 24.0 Å². The van der Waals surface area contributed by atoms with Crippen molar-refractivity contribution in [2.75, 3.05) is 13.2 Å².